The molecule has 3 aromatic rings. The number of allylic oxidation sites excluding steroid dienone is 1. The largest absolute Gasteiger partial charge is 1.00 e. The fourth-order valence-corrected chi connectivity index (χ4v) is 4.10. The first-order valence-corrected chi connectivity index (χ1v) is 10.4. The molecule has 3 aromatic carbocycles. The second-order valence-corrected chi connectivity index (χ2v) is 8.29. The summed E-state index contributed by atoms with van der Waals surface area (Å²) in [5, 5.41) is 13.5. The van der Waals surface area contributed by atoms with Crippen LogP contribution in [0.3, 0.4) is 0 Å². The zero-order valence-electron chi connectivity index (χ0n) is 17.0. The number of phosphoric ester groups is 1. The Kier molecular flexibility index (Phi) is 14.2. The van der Waals surface area contributed by atoms with Gasteiger partial charge in [0, 0.05) is 15.5 Å². The summed E-state index contributed by atoms with van der Waals surface area (Å²) in [6.45, 7) is 1.66. The molecule has 0 radical (unpaired) electrons. The van der Waals surface area contributed by atoms with Crippen LogP contribution < -0.4 is 104 Å². The van der Waals surface area contributed by atoms with E-state index < -0.39 is 7.82 Å². The average molecular weight is 489 g/mol. The molecule has 5 nitrogen and oxygen atoms in total. The van der Waals surface area contributed by atoms with Crippen LogP contribution in [0.2, 0.25) is 5.02 Å². The molecule has 0 fully saturated rings. The molecule has 0 amide bonds. The molecule has 0 aromatic heterocycles. The van der Waals surface area contributed by atoms with Crippen molar-refractivity contribution in [3.8, 4) is 5.75 Å². The van der Waals surface area contributed by atoms with Gasteiger partial charge in [-0.25, -0.2) is 0 Å². The van der Waals surface area contributed by atoms with Crippen molar-refractivity contribution in [1.82, 2.24) is 0 Å². The van der Waals surface area contributed by atoms with Crippen LogP contribution >= 0.6 is 31.2 Å². The van der Waals surface area contributed by atoms with E-state index in [-0.39, 0.29) is 99.5 Å². The first-order valence-electron chi connectivity index (χ1n) is 7.78. The molecule has 0 atom stereocenters. The van der Waals surface area contributed by atoms with E-state index in [9.17, 15) is 19.5 Å². The van der Waals surface area contributed by atoms with Crippen molar-refractivity contribution < 1.29 is 113 Å². The van der Waals surface area contributed by atoms with Gasteiger partial charge in [0.25, 0.3) is 0 Å². The molecule has 0 N–H and O–H groups in total. The van der Waals surface area contributed by atoms with Gasteiger partial charge in [-0.05, 0) is 53.6 Å². The van der Waals surface area contributed by atoms with Crippen molar-refractivity contribution in [2.24, 2.45) is 0 Å². The summed E-state index contributed by atoms with van der Waals surface area (Å²) in [5.41, 5.74) is 1.15. The van der Waals surface area contributed by atoms with Crippen LogP contribution in [0, 0.1) is 0 Å². The molecule has 0 spiro atoms. The topological polar surface area (TPSA) is 95.5 Å². The molecule has 0 aliphatic carbocycles. The maximum atomic E-state index is 11.5. The number of thioether (sulfide) groups is 1. The summed E-state index contributed by atoms with van der Waals surface area (Å²) < 4.78 is 15.9. The Hall–Kier alpha value is 1.05. The molecule has 0 unspecified atom stereocenters. The molecule has 0 saturated carbocycles. The number of phosphoric acid groups is 1. The molecule has 0 saturated heterocycles. The van der Waals surface area contributed by atoms with Crippen LogP contribution in [0.1, 0.15) is 12.5 Å². The van der Waals surface area contributed by atoms with Crippen molar-refractivity contribution >= 4 is 47.5 Å². The fourth-order valence-electron chi connectivity index (χ4n) is 2.45. The van der Waals surface area contributed by atoms with Crippen LogP contribution in [0.5, 0.6) is 5.75 Å². The maximum absolute atomic E-state index is 11.5. The summed E-state index contributed by atoms with van der Waals surface area (Å²) in [7, 11) is -5.24. The number of benzene rings is 3. The molecule has 3 rings (SSSR count). The predicted octanol–water partition coefficient (Wildman–Crippen LogP) is -5.10. The number of hydrogen-bond donors (Lipinski definition) is 0. The molecule has 11 heteroatoms. The predicted molar refractivity (Wildman–Crippen MR) is 102 cm³/mol. The van der Waals surface area contributed by atoms with Gasteiger partial charge in [0.05, 0.1) is 0 Å². The van der Waals surface area contributed by atoms with E-state index in [1.54, 1.807) is 55.5 Å². The Morgan fingerprint density at radius 3 is 2.10 bits per heavy atom. The maximum Gasteiger partial charge on any atom is 1.00 e. The van der Waals surface area contributed by atoms with E-state index in [0.29, 0.717) is 21.1 Å². The first-order chi connectivity index (χ1) is 12.7. The van der Waals surface area contributed by atoms with Gasteiger partial charge in [-0.2, -0.15) is 0 Å². The van der Waals surface area contributed by atoms with Gasteiger partial charge in [-0.3, -0.25) is 0 Å². The van der Waals surface area contributed by atoms with Gasteiger partial charge in [0.15, 0.2) is 5.09 Å². The van der Waals surface area contributed by atoms with Crippen molar-refractivity contribution in [2.75, 3.05) is 0 Å². The Bertz CT molecular complexity index is 1070. The second kappa shape index (κ2) is 13.7. The second-order valence-electron chi connectivity index (χ2n) is 5.73. The first kappa shape index (κ1) is 31.0. The summed E-state index contributed by atoms with van der Waals surface area (Å²) in [4.78, 5) is 23.1. The summed E-state index contributed by atoms with van der Waals surface area (Å²) in [5.74, 6) is -0.0940. The average Bonchev–Trinajstić information content (AvgIpc) is 2.61. The Morgan fingerprint density at radius 1 is 0.933 bits per heavy atom. The van der Waals surface area contributed by atoms with E-state index in [1.807, 2.05) is 0 Å². The number of hydrogen-bond acceptors (Lipinski definition) is 6. The third-order valence-electron chi connectivity index (χ3n) is 3.77. The minimum absolute atomic E-state index is 0. The monoisotopic (exact) mass is 488 g/mol. The van der Waals surface area contributed by atoms with Gasteiger partial charge in [0.2, 0.25) is 0 Å². The quantitative estimate of drug-likeness (QED) is 0.154. The number of rotatable bonds is 5. The Balaban J connectivity index is 0.00000280. The Morgan fingerprint density at radius 2 is 1.50 bits per heavy atom. The number of halogens is 1. The third-order valence-corrected chi connectivity index (χ3v) is 5.63. The molecular weight excluding hydrogens is 476 g/mol. The standard InChI is InChI=1S/C19H16ClO5PS.3Na/c1-12(13-2-3-15-11-17(21)7-4-14(15)10-13)19(25-26(22,23)24)27-18-8-5-16(20)6-9-18;;;/h2-11,21H,1H3,(H2,22,23,24);;;/q;3*+1/p-3/b19-12+;;;. The minimum Gasteiger partial charge on any atom is -0.872 e. The molecule has 30 heavy (non-hydrogen) atoms. The van der Waals surface area contributed by atoms with Crippen molar-refractivity contribution in [3.05, 3.63) is 76.3 Å². The SMILES string of the molecule is C/C(=C(/OP(=O)([O-])[O-])Sc1ccc(Cl)cc1)c1ccc2cc([O-])ccc2c1.[Na+].[Na+].[Na+]. The minimum atomic E-state index is -5.24. The van der Waals surface area contributed by atoms with E-state index in [2.05, 4.69) is 0 Å². The summed E-state index contributed by atoms with van der Waals surface area (Å²) in [6, 6.07) is 16.7. The van der Waals surface area contributed by atoms with Gasteiger partial charge < -0.3 is 24.0 Å². The van der Waals surface area contributed by atoms with Gasteiger partial charge >= 0.3 is 88.7 Å². The summed E-state index contributed by atoms with van der Waals surface area (Å²) >= 11 is 6.87. The Labute approximate surface area is 250 Å². The van der Waals surface area contributed by atoms with Crippen LogP contribution in [0.25, 0.3) is 16.3 Å². The van der Waals surface area contributed by atoms with Crippen molar-refractivity contribution in [2.45, 2.75) is 11.8 Å². The third kappa shape index (κ3) is 9.12. The zero-order valence-corrected chi connectivity index (χ0v) is 25.5. The van der Waals surface area contributed by atoms with Gasteiger partial charge in [0.1, 0.15) is 7.82 Å². The molecule has 0 aliphatic heterocycles. The van der Waals surface area contributed by atoms with Gasteiger partial charge in [-0.1, -0.05) is 53.7 Å². The van der Waals surface area contributed by atoms with Crippen LogP contribution in [-0.2, 0) is 9.09 Å². The van der Waals surface area contributed by atoms with E-state index in [0.717, 1.165) is 22.5 Å². The van der Waals surface area contributed by atoms with Crippen LogP contribution in [0.4, 0.5) is 0 Å². The molecule has 0 heterocycles. The summed E-state index contributed by atoms with van der Waals surface area (Å²) in [6.07, 6.45) is 0. The fraction of sp³-hybridized carbons (Fsp3) is 0.0526. The molecule has 140 valence electrons. The molecule has 0 bridgehead atoms. The van der Waals surface area contributed by atoms with E-state index >= 15 is 0 Å². The van der Waals surface area contributed by atoms with E-state index in [1.165, 1.54) is 12.1 Å². The van der Waals surface area contributed by atoms with Crippen molar-refractivity contribution in [1.29, 1.82) is 0 Å². The van der Waals surface area contributed by atoms with Gasteiger partial charge in [-0.15, -0.1) is 5.75 Å². The number of fused-ring (bicyclic) bond motifs is 1. The van der Waals surface area contributed by atoms with E-state index in [4.69, 9.17) is 16.1 Å². The van der Waals surface area contributed by atoms with Crippen molar-refractivity contribution in [3.63, 3.8) is 0 Å². The molecular formula is C19H13ClNa3O5PS. The smallest absolute Gasteiger partial charge is 0.872 e. The zero-order chi connectivity index (χ0) is 19.6. The van der Waals surface area contributed by atoms with Crippen LogP contribution in [0.15, 0.2) is 70.7 Å². The molecule has 0 aliphatic rings. The van der Waals surface area contributed by atoms with Crippen LogP contribution in [-0.4, -0.2) is 0 Å². The normalized spacial score (nSPS) is 11.5.